The molecule has 1 aromatic heterocycles. The van der Waals surface area contributed by atoms with Crippen LogP contribution in [0, 0.1) is 10.1 Å². The normalized spacial score (nSPS) is 11.7. The number of hydrogen-bond acceptors (Lipinski definition) is 6. The number of nitro groups is 1. The Kier molecular flexibility index (Phi) is 6.54. The average Bonchev–Trinajstić information content (AvgIpc) is 2.72. The Hall–Kier alpha value is -0.350. The Morgan fingerprint density at radius 1 is 1.53 bits per heavy atom. The molecule has 0 aliphatic carbocycles. The van der Waals surface area contributed by atoms with Gasteiger partial charge in [0, 0.05) is 12.6 Å². The minimum absolute atomic E-state index is 0.130. The average molecular weight is 345 g/mol. The Labute approximate surface area is 124 Å². The maximum absolute atomic E-state index is 11.9. The first-order valence-corrected chi connectivity index (χ1v) is 9.38. The number of thioether (sulfide) groups is 1. The standard InChI is InChI=1S/C9H13ClN2O4S3/c1-17-5-3-2-4-11-19(15,16)8-6-7(12(13)14)9(10)18-8/h6,11H,2-5H2,1H3. The van der Waals surface area contributed by atoms with Gasteiger partial charge in [0.25, 0.3) is 5.69 Å². The summed E-state index contributed by atoms with van der Waals surface area (Å²) in [5, 5.41) is 10.6. The molecule has 0 amide bonds. The number of sulfonamides is 1. The molecule has 0 fully saturated rings. The summed E-state index contributed by atoms with van der Waals surface area (Å²) in [6.07, 6.45) is 3.62. The fourth-order valence-corrected chi connectivity index (χ4v) is 4.52. The topological polar surface area (TPSA) is 89.3 Å². The third-order valence-electron chi connectivity index (χ3n) is 2.18. The molecule has 19 heavy (non-hydrogen) atoms. The molecule has 1 heterocycles. The summed E-state index contributed by atoms with van der Waals surface area (Å²) in [6, 6.07) is 0.983. The number of halogens is 1. The van der Waals surface area contributed by atoms with E-state index in [-0.39, 0.29) is 14.2 Å². The molecule has 0 bridgehead atoms. The highest BCUT2D eigenvalue weighted by molar-refractivity contribution is 7.98. The maximum Gasteiger partial charge on any atom is 0.300 e. The van der Waals surface area contributed by atoms with Crippen LogP contribution in [0.25, 0.3) is 0 Å². The van der Waals surface area contributed by atoms with E-state index < -0.39 is 14.9 Å². The van der Waals surface area contributed by atoms with Crippen LogP contribution in [0.15, 0.2) is 10.3 Å². The fourth-order valence-electron chi connectivity index (χ4n) is 1.24. The van der Waals surface area contributed by atoms with Crippen molar-refractivity contribution in [2.75, 3.05) is 18.6 Å². The van der Waals surface area contributed by atoms with E-state index in [1.165, 1.54) is 0 Å². The van der Waals surface area contributed by atoms with Gasteiger partial charge < -0.3 is 0 Å². The molecule has 0 radical (unpaired) electrons. The highest BCUT2D eigenvalue weighted by Crippen LogP contribution is 2.35. The zero-order chi connectivity index (χ0) is 14.5. The second-order valence-corrected chi connectivity index (χ2v) is 8.21. The van der Waals surface area contributed by atoms with E-state index in [1.807, 2.05) is 6.26 Å². The van der Waals surface area contributed by atoms with Gasteiger partial charge in [-0.1, -0.05) is 11.6 Å². The molecule has 10 heteroatoms. The van der Waals surface area contributed by atoms with Gasteiger partial charge in [0.05, 0.1) is 4.92 Å². The van der Waals surface area contributed by atoms with E-state index >= 15 is 0 Å². The molecule has 1 rings (SSSR count). The zero-order valence-corrected chi connectivity index (χ0v) is 13.3. The lowest BCUT2D eigenvalue weighted by molar-refractivity contribution is -0.384. The first-order chi connectivity index (χ1) is 8.88. The van der Waals surface area contributed by atoms with E-state index in [9.17, 15) is 18.5 Å². The molecule has 0 unspecified atom stereocenters. The van der Waals surface area contributed by atoms with Gasteiger partial charge in [-0.2, -0.15) is 11.8 Å². The highest BCUT2D eigenvalue weighted by atomic mass is 35.5. The summed E-state index contributed by atoms with van der Waals surface area (Å²) in [4.78, 5) is 9.91. The summed E-state index contributed by atoms with van der Waals surface area (Å²) in [7, 11) is -3.71. The number of thiophene rings is 1. The van der Waals surface area contributed by atoms with Crippen LogP contribution in [0.2, 0.25) is 4.34 Å². The maximum atomic E-state index is 11.9. The number of hydrogen-bond donors (Lipinski definition) is 1. The highest BCUT2D eigenvalue weighted by Gasteiger charge is 2.24. The number of nitrogens with zero attached hydrogens (tertiary/aromatic N) is 1. The van der Waals surface area contributed by atoms with E-state index in [4.69, 9.17) is 11.6 Å². The van der Waals surface area contributed by atoms with Crippen LogP contribution in [-0.4, -0.2) is 31.9 Å². The van der Waals surface area contributed by atoms with Crippen molar-refractivity contribution in [1.29, 1.82) is 0 Å². The van der Waals surface area contributed by atoms with Crippen molar-refractivity contribution in [3.8, 4) is 0 Å². The molecule has 0 saturated heterocycles. The van der Waals surface area contributed by atoms with Crippen molar-refractivity contribution >= 4 is 50.4 Å². The molecule has 108 valence electrons. The molecule has 0 spiro atoms. The molecular formula is C9H13ClN2O4S3. The van der Waals surface area contributed by atoms with Gasteiger partial charge in [0.2, 0.25) is 10.0 Å². The van der Waals surface area contributed by atoms with E-state index in [2.05, 4.69) is 4.72 Å². The molecule has 1 N–H and O–H groups in total. The number of unbranched alkanes of at least 4 members (excludes halogenated alkanes) is 1. The molecule has 0 atom stereocenters. The van der Waals surface area contributed by atoms with Crippen LogP contribution < -0.4 is 4.72 Å². The molecule has 0 aliphatic heterocycles. The Morgan fingerprint density at radius 2 is 2.21 bits per heavy atom. The summed E-state index contributed by atoms with van der Waals surface area (Å²) in [6.45, 7) is 0.312. The largest absolute Gasteiger partial charge is 0.300 e. The van der Waals surface area contributed by atoms with Crippen LogP contribution in [0.3, 0.4) is 0 Å². The molecule has 0 aliphatic rings. The third-order valence-corrected chi connectivity index (χ3v) is 6.14. The monoisotopic (exact) mass is 344 g/mol. The van der Waals surface area contributed by atoms with Crippen LogP contribution in [0.4, 0.5) is 5.69 Å². The summed E-state index contributed by atoms with van der Waals surface area (Å²) in [5.74, 6) is 0.970. The van der Waals surface area contributed by atoms with Gasteiger partial charge in [0.15, 0.2) is 4.34 Å². The first-order valence-electron chi connectivity index (χ1n) is 5.31. The van der Waals surface area contributed by atoms with Crippen LogP contribution in [-0.2, 0) is 10.0 Å². The summed E-state index contributed by atoms with van der Waals surface area (Å²) < 4.78 is 25.9. The SMILES string of the molecule is CSCCCCNS(=O)(=O)c1cc([N+](=O)[O-])c(Cl)s1. The lowest BCUT2D eigenvalue weighted by Crippen LogP contribution is -2.24. The van der Waals surface area contributed by atoms with Gasteiger partial charge in [-0.25, -0.2) is 13.1 Å². The van der Waals surface area contributed by atoms with Crippen molar-refractivity contribution in [3.05, 3.63) is 20.5 Å². The predicted molar refractivity (Wildman–Crippen MR) is 78.8 cm³/mol. The third kappa shape index (κ3) is 4.92. The second kappa shape index (κ2) is 7.44. The van der Waals surface area contributed by atoms with E-state index in [0.29, 0.717) is 17.9 Å². The second-order valence-electron chi connectivity index (χ2n) is 3.58. The van der Waals surface area contributed by atoms with Gasteiger partial charge in [-0.05, 0) is 24.9 Å². The molecule has 1 aromatic rings. The molecular weight excluding hydrogens is 332 g/mol. The quantitative estimate of drug-likeness (QED) is 0.445. The lowest BCUT2D eigenvalue weighted by atomic mass is 10.3. The lowest BCUT2D eigenvalue weighted by Gasteiger charge is -2.03. The van der Waals surface area contributed by atoms with Crippen molar-refractivity contribution in [2.45, 2.75) is 17.1 Å². The van der Waals surface area contributed by atoms with Gasteiger partial charge in [-0.15, -0.1) is 11.3 Å². The summed E-state index contributed by atoms with van der Waals surface area (Å²) in [5.41, 5.74) is -0.380. The van der Waals surface area contributed by atoms with Gasteiger partial charge in [0.1, 0.15) is 4.21 Å². The molecule has 6 nitrogen and oxygen atoms in total. The van der Waals surface area contributed by atoms with Crippen molar-refractivity contribution in [3.63, 3.8) is 0 Å². The van der Waals surface area contributed by atoms with Crippen LogP contribution in [0.1, 0.15) is 12.8 Å². The Bertz CT molecular complexity index is 544. The van der Waals surface area contributed by atoms with Gasteiger partial charge >= 0.3 is 0 Å². The van der Waals surface area contributed by atoms with Crippen molar-refractivity contribution in [1.82, 2.24) is 4.72 Å². The van der Waals surface area contributed by atoms with E-state index in [1.54, 1.807) is 11.8 Å². The zero-order valence-electron chi connectivity index (χ0n) is 10.1. The van der Waals surface area contributed by atoms with Crippen LogP contribution in [0.5, 0.6) is 0 Å². The van der Waals surface area contributed by atoms with Gasteiger partial charge in [-0.3, -0.25) is 10.1 Å². The minimum Gasteiger partial charge on any atom is -0.258 e. The smallest absolute Gasteiger partial charge is 0.258 e. The summed E-state index contributed by atoms with van der Waals surface area (Å²) >= 11 is 8.01. The minimum atomic E-state index is -3.71. The Balaban J connectivity index is 2.67. The number of rotatable bonds is 8. The number of nitrogens with one attached hydrogen (secondary N) is 1. The molecule has 0 saturated carbocycles. The first kappa shape index (κ1) is 16.7. The molecule has 0 aromatic carbocycles. The Morgan fingerprint density at radius 3 is 2.74 bits per heavy atom. The fraction of sp³-hybridized carbons (Fsp3) is 0.556. The van der Waals surface area contributed by atoms with E-state index in [0.717, 1.165) is 24.7 Å². The van der Waals surface area contributed by atoms with Crippen molar-refractivity contribution < 1.29 is 13.3 Å². The van der Waals surface area contributed by atoms with Crippen LogP contribution >= 0.6 is 34.7 Å². The van der Waals surface area contributed by atoms with Crippen molar-refractivity contribution in [2.24, 2.45) is 0 Å². The predicted octanol–water partition coefficient (Wildman–Crippen LogP) is 2.73.